The minimum atomic E-state index is 0.614. The van der Waals surface area contributed by atoms with E-state index >= 15 is 0 Å². The standard InChI is InChI=1S/C11H13NS/c1-2-10-5-6-11(13-10)9-4-3-7-12-8-9/h3-5,7-8,11H,2,6H2,1H3. The lowest BCUT2D eigenvalue weighted by Crippen LogP contribution is -1.88. The molecule has 0 fully saturated rings. The minimum Gasteiger partial charge on any atom is -0.264 e. The van der Waals surface area contributed by atoms with Crippen molar-refractivity contribution in [2.24, 2.45) is 0 Å². The highest BCUT2D eigenvalue weighted by Gasteiger charge is 2.18. The maximum atomic E-state index is 4.14. The molecule has 1 atom stereocenters. The van der Waals surface area contributed by atoms with Crippen LogP contribution in [-0.2, 0) is 0 Å². The fourth-order valence-electron chi connectivity index (χ4n) is 1.52. The van der Waals surface area contributed by atoms with Crippen LogP contribution in [0.25, 0.3) is 0 Å². The summed E-state index contributed by atoms with van der Waals surface area (Å²) in [5.74, 6) is 0. The molecule has 1 aliphatic rings. The minimum absolute atomic E-state index is 0.614. The van der Waals surface area contributed by atoms with Crippen LogP contribution in [0.2, 0.25) is 0 Å². The molecule has 13 heavy (non-hydrogen) atoms. The van der Waals surface area contributed by atoms with E-state index in [1.54, 1.807) is 0 Å². The zero-order valence-electron chi connectivity index (χ0n) is 7.73. The Bertz CT molecular complexity index is 305. The molecule has 0 radical (unpaired) electrons. The summed E-state index contributed by atoms with van der Waals surface area (Å²) in [6.07, 6.45) is 8.49. The van der Waals surface area contributed by atoms with Gasteiger partial charge in [-0.15, -0.1) is 11.8 Å². The normalized spacial score (nSPS) is 21.6. The van der Waals surface area contributed by atoms with Gasteiger partial charge >= 0.3 is 0 Å². The first-order chi connectivity index (χ1) is 6.40. The van der Waals surface area contributed by atoms with Crippen LogP contribution in [0.1, 0.15) is 30.6 Å². The van der Waals surface area contributed by atoms with E-state index in [-0.39, 0.29) is 0 Å². The molecule has 1 aromatic rings. The van der Waals surface area contributed by atoms with Crippen molar-refractivity contribution < 1.29 is 0 Å². The number of rotatable bonds is 2. The van der Waals surface area contributed by atoms with Crippen LogP contribution >= 0.6 is 11.8 Å². The highest BCUT2D eigenvalue weighted by molar-refractivity contribution is 8.03. The average molecular weight is 191 g/mol. The first kappa shape index (κ1) is 8.82. The molecule has 0 saturated carbocycles. The molecule has 0 aliphatic carbocycles. The lowest BCUT2D eigenvalue weighted by molar-refractivity contribution is 0.975. The van der Waals surface area contributed by atoms with Crippen LogP contribution < -0.4 is 0 Å². The summed E-state index contributed by atoms with van der Waals surface area (Å²) in [5, 5.41) is 0.614. The maximum absolute atomic E-state index is 4.14. The summed E-state index contributed by atoms with van der Waals surface area (Å²) in [7, 11) is 0. The molecule has 1 aromatic heterocycles. The van der Waals surface area contributed by atoms with E-state index in [9.17, 15) is 0 Å². The Balaban J connectivity index is 2.07. The molecule has 0 spiro atoms. The van der Waals surface area contributed by atoms with E-state index in [0.29, 0.717) is 5.25 Å². The molecular formula is C11H13NS. The van der Waals surface area contributed by atoms with Crippen molar-refractivity contribution >= 4 is 11.8 Å². The molecular weight excluding hydrogens is 178 g/mol. The molecule has 0 aromatic carbocycles. The van der Waals surface area contributed by atoms with Crippen molar-refractivity contribution in [2.45, 2.75) is 25.0 Å². The summed E-state index contributed by atoms with van der Waals surface area (Å²) in [6, 6.07) is 4.18. The van der Waals surface area contributed by atoms with Crippen molar-refractivity contribution in [3.8, 4) is 0 Å². The van der Waals surface area contributed by atoms with Gasteiger partial charge < -0.3 is 0 Å². The van der Waals surface area contributed by atoms with Crippen LogP contribution in [0.5, 0.6) is 0 Å². The van der Waals surface area contributed by atoms with Gasteiger partial charge in [-0.3, -0.25) is 4.98 Å². The quantitative estimate of drug-likeness (QED) is 0.709. The van der Waals surface area contributed by atoms with Crippen LogP contribution in [0.3, 0.4) is 0 Å². The van der Waals surface area contributed by atoms with Crippen molar-refractivity contribution in [3.05, 3.63) is 41.1 Å². The first-order valence-corrected chi connectivity index (χ1v) is 5.53. The maximum Gasteiger partial charge on any atom is 0.0391 e. The molecule has 1 nitrogen and oxygen atoms in total. The molecule has 0 bridgehead atoms. The number of nitrogens with zero attached hydrogens (tertiary/aromatic N) is 1. The molecule has 68 valence electrons. The molecule has 0 amide bonds. The van der Waals surface area contributed by atoms with E-state index in [2.05, 4.69) is 24.1 Å². The third kappa shape index (κ3) is 1.94. The van der Waals surface area contributed by atoms with Gasteiger partial charge in [0.05, 0.1) is 0 Å². The van der Waals surface area contributed by atoms with E-state index in [1.165, 1.54) is 23.3 Å². The fraction of sp³-hybridized carbons (Fsp3) is 0.364. The highest BCUT2D eigenvalue weighted by Crippen LogP contribution is 2.44. The Morgan fingerprint density at radius 2 is 2.54 bits per heavy atom. The second kappa shape index (κ2) is 3.97. The summed E-state index contributed by atoms with van der Waals surface area (Å²) in [6.45, 7) is 2.21. The lowest BCUT2D eigenvalue weighted by Gasteiger charge is -2.08. The second-order valence-electron chi connectivity index (χ2n) is 3.15. The van der Waals surface area contributed by atoms with Gasteiger partial charge in [-0.05, 0) is 29.4 Å². The van der Waals surface area contributed by atoms with Crippen molar-refractivity contribution in [2.75, 3.05) is 0 Å². The molecule has 2 rings (SSSR count). The van der Waals surface area contributed by atoms with E-state index in [4.69, 9.17) is 0 Å². The predicted octanol–water partition coefficient (Wildman–Crippen LogP) is 3.55. The van der Waals surface area contributed by atoms with E-state index < -0.39 is 0 Å². The van der Waals surface area contributed by atoms with E-state index in [1.807, 2.05) is 30.2 Å². The number of pyridine rings is 1. The van der Waals surface area contributed by atoms with Gasteiger partial charge in [-0.2, -0.15) is 0 Å². The van der Waals surface area contributed by atoms with Crippen LogP contribution in [0, 0.1) is 0 Å². The fourth-order valence-corrected chi connectivity index (χ4v) is 2.71. The van der Waals surface area contributed by atoms with Crippen molar-refractivity contribution in [1.29, 1.82) is 0 Å². The van der Waals surface area contributed by atoms with Crippen molar-refractivity contribution in [1.82, 2.24) is 4.98 Å². The summed E-state index contributed by atoms with van der Waals surface area (Å²) in [4.78, 5) is 5.67. The molecule has 2 heteroatoms. The van der Waals surface area contributed by atoms with Gasteiger partial charge in [0.25, 0.3) is 0 Å². The zero-order chi connectivity index (χ0) is 9.10. The SMILES string of the molecule is CCC1=CCC(c2cccnc2)S1. The van der Waals surface area contributed by atoms with Crippen molar-refractivity contribution in [3.63, 3.8) is 0 Å². The first-order valence-electron chi connectivity index (χ1n) is 4.65. The molecule has 1 unspecified atom stereocenters. The van der Waals surface area contributed by atoms with Crippen LogP contribution in [0.15, 0.2) is 35.5 Å². The largest absolute Gasteiger partial charge is 0.264 e. The average Bonchev–Trinajstić information content (AvgIpc) is 2.67. The highest BCUT2D eigenvalue weighted by atomic mass is 32.2. The van der Waals surface area contributed by atoms with Gasteiger partial charge in [-0.25, -0.2) is 0 Å². The topological polar surface area (TPSA) is 12.9 Å². The van der Waals surface area contributed by atoms with Gasteiger partial charge in [0.2, 0.25) is 0 Å². The number of aromatic nitrogens is 1. The Morgan fingerprint density at radius 1 is 1.62 bits per heavy atom. The third-order valence-corrected chi connectivity index (χ3v) is 3.77. The Labute approximate surface area is 83.3 Å². The number of thioether (sulfide) groups is 1. The molecule has 1 aliphatic heterocycles. The molecule has 2 heterocycles. The molecule has 0 N–H and O–H groups in total. The zero-order valence-corrected chi connectivity index (χ0v) is 8.55. The van der Waals surface area contributed by atoms with Gasteiger partial charge in [0.1, 0.15) is 0 Å². The second-order valence-corrected chi connectivity index (χ2v) is 4.48. The Kier molecular flexibility index (Phi) is 2.69. The monoisotopic (exact) mass is 191 g/mol. The predicted molar refractivity (Wildman–Crippen MR) is 57.6 cm³/mol. The van der Waals surface area contributed by atoms with Gasteiger partial charge in [0.15, 0.2) is 0 Å². The van der Waals surface area contributed by atoms with Gasteiger partial charge in [-0.1, -0.05) is 19.1 Å². The molecule has 0 saturated heterocycles. The summed E-state index contributed by atoms with van der Waals surface area (Å²) < 4.78 is 0. The number of hydrogen-bond acceptors (Lipinski definition) is 2. The Hall–Kier alpha value is -0.760. The van der Waals surface area contributed by atoms with Crippen LogP contribution in [0.4, 0.5) is 0 Å². The number of allylic oxidation sites excluding steroid dienone is 2. The van der Waals surface area contributed by atoms with E-state index in [0.717, 1.165) is 0 Å². The lowest BCUT2D eigenvalue weighted by atomic mass is 10.1. The Morgan fingerprint density at radius 3 is 3.15 bits per heavy atom. The number of hydrogen-bond donors (Lipinski definition) is 0. The third-order valence-electron chi connectivity index (χ3n) is 2.26. The van der Waals surface area contributed by atoms with Gasteiger partial charge in [0, 0.05) is 17.6 Å². The summed E-state index contributed by atoms with van der Waals surface area (Å²) in [5.41, 5.74) is 1.35. The van der Waals surface area contributed by atoms with Crippen LogP contribution in [-0.4, -0.2) is 4.98 Å². The smallest absolute Gasteiger partial charge is 0.0391 e. The summed E-state index contributed by atoms with van der Waals surface area (Å²) >= 11 is 1.98.